The third-order valence-electron chi connectivity index (χ3n) is 7.95. The van der Waals surface area contributed by atoms with Crippen LogP contribution in [0.5, 0.6) is 0 Å². The number of aliphatic hydroxyl groups is 1. The van der Waals surface area contributed by atoms with E-state index in [0.717, 1.165) is 32.0 Å². The maximum atomic E-state index is 14.5. The molecular formula is C30H34FN3O5. The molecule has 2 aromatic rings. The average Bonchev–Trinajstić information content (AvgIpc) is 3.32. The zero-order chi connectivity index (χ0) is 27.7. The van der Waals surface area contributed by atoms with Crippen LogP contribution in [0.15, 0.2) is 48.0 Å². The van der Waals surface area contributed by atoms with Crippen molar-refractivity contribution in [2.45, 2.75) is 38.6 Å². The zero-order valence-electron chi connectivity index (χ0n) is 22.4. The molecule has 0 saturated carbocycles. The Bertz CT molecular complexity index is 1340. The van der Waals surface area contributed by atoms with Crippen molar-refractivity contribution in [2.75, 3.05) is 50.8 Å². The molecule has 0 bridgehead atoms. The summed E-state index contributed by atoms with van der Waals surface area (Å²) < 4.78 is 19.9. The predicted octanol–water partition coefficient (Wildman–Crippen LogP) is 3.58. The van der Waals surface area contributed by atoms with Crippen molar-refractivity contribution >= 4 is 29.0 Å². The molecule has 0 aromatic heterocycles. The smallest absolute Gasteiger partial charge is 0.296 e. The van der Waals surface area contributed by atoms with Crippen LogP contribution >= 0.6 is 0 Å². The summed E-state index contributed by atoms with van der Waals surface area (Å²) in [5.41, 5.74) is -0.630. The minimum Gasteiger partial charge on any atom is -0.507 e. The molecule has 5 rings (SSSR count). The summed E-state index contributed by atoms with van der Waals surface area (Å²) in [5, 5.41) is 11.5. The number of anilines is 1. The fourth-order valence-corrected chi connectivity index (χ4v) is 5.87. The first-order chi connectivity index (χ1) is 18.8. The molecule has 206 valence electrons. The molecule has 1 spiro atoms. The van der Waals surface area contributed by atoms with E-state index in [1.807, 2.05) is 13.0 Å². The van der Waals surface area contributed by atoms with Crippen LogP contribution in [-0.4, -0.2) is 78.4 Å². The molecule has 8 nitrogen and oxygen atoms in total. The molecule has 3 aliphatic heterocycles. The van der Waals surface area contributed by atoms with Gasteiger partial charge >= 0.3 is 0 Å². The number of likely N-dealkylation sites (tertiary alicyclic amines) is 1. The summed E-state index contributed by atoms with van der Waals surface area (Å²) >= 11 is 0. The number of hydrogen-bond acceptors (Lipinski definition) is 6. The highest BCUT2D eigenvalue weighted by Crippen LogP contribution is 2.53. The highest BCUT2D eigenvalue weighted by Gasteiger charge is 2.66. The molecule has 9 heteroatoms. The lowest BCUT2D eigenvalue weighted by molar-refractivity contribution is -0.143. The number of Topliss-reactive ketones (excluding diaryl/α,β-unsaturated/α-hetero) is 1. The molecule has 3 heterocycles. The highest BCUT2D eigenvalue weighted by atomic mass is 19.1. The molecule has 2 amide bonds. The van der Waals surface area contributed by atoms with Gasteiger partial charge in [0.2, 0.25) is 0 Å². The number of fused-ring (bicyclic) bond motifs is 2. The standard InChI is InChI=1S/C30H34FN3O5/c1-3-4-13-33-24-9-6-5-8-22(24)30(29(33)38)25(26(35)21-11-10-20(2)23(31)19-21)27(36)28(37)34(30)14-7-12-32-15-17-39-18-16-32/h5-6,8-11,19,35H,3-4,7,12-18H2,1-2H3/b26-25+. The van der Waals surface area contributed by atoms with Crippen LogP contribution in [0.25, 0.3) is 5.76 Å². The molecule has 39 heavy (non-hydrogen) atoms. The summed E-state index contributed by atoms with van der Waals surface area (Å²) in [6.07, 6.45) is 2.10. The minimum atomic E-state index is -1.82. The molecular weight excluding hydrogens is 501 g/mol. The van der Waals surface area contributed by atoms with E-state index < -0.39 is 34.7 Å². The Kier molecular flexibility index (Phi) is 7.55. The Morgan fingerprint density at radius 3 is 2.49 bits per heavy atom. The van der Waals surface area contributed by atoms with Crippen molar-refractivity contribution in [3.63, 3.8) is 0 Å². The van der Waals surface area contributed by atoms with E-state index in [2.05, 4.69) is 4.90 Å². The average molecular weight is 536 g/mol. The Hall–Kier alpha value is -3.56. The van der Waals surface area contributed by atoms with Gasteiger partial charge in [0.05, 0.1) is 24.5 Å². The van der Waals surface area contributed by atoms with Crippen LogP contribution in [0.1, 0.15) is 42.9 Å². The van der Waals surface area contributed by atoms with E-state index in [-0.39, 0.29) is 17.7 Å². The second-order valence-electron chi connectivity index (χ2n) is 10.3. The Labute approximate surface area is 227 Å². The van der Waals surface area contributed by atoms with E-state index in [4.69, 9.17) is 4.74 Å². The number of nitrogens with zero attached hydrogens (tertiary/aromatic N) is 3. The first kappa shape index (κ1) is 27.0. The number of ether oxygens (including phenoxy) is 1. The fraction of sp³-hybridized carbons (Fsp3) is 0.433. The van der Waals surface area contributed by atoms with Crippen molar-refractivity contribution in [1.82, 2.24) is 9.80 Å². The van der Waals surface area contributed by atoms with Crippen molar-refractivity contribution in [3.8, 4) is 0 Å². The van der Waals surface area contributed by atoms with Gasteiger partial charge in [0.25, 0.3) is 17.6 Å². The van der Waals surface area contributed by atoms with E-state index in [1.54, 1.807) is 30.0 Å². The van der Waals surface area contributed by atoms with Crippen molar-refractivity contribution in [1.29, 1.82) is 0 Å². The van der Waals surface area contributed by atoms with Crippen LogP contribution in [0.3, 0.4) is 0 Å². The topological polar surface area (TPSA) is 90.4 Å². The normalized spacial score (nSPS) is 22.8. The third-order valence-corrected chi connectivity index (χ3v) is 7.95. The van der Waals surface area contributed by atoms with E-state index in [9.17, 15) is 23.9 Å². The van der Waals surface area contributed by atoms with Crippen molar-refractivity contribution < 1.29 is 28.6 Å². The number of ketones is 1. The Balaban J connectivity index is 1.65. The third kappa shape index (κ3) is 4.43. The van der Waals surface area contributed by atoms with Crippen LogP contribution in [-0.2, 0) is 24.7 Å². The number of amides is 2. The summed E-state index contributed by atoms with van der Waals surface area (Å²) in [5.74, 6) is -3.34. The van der Waals surface area contributed by atoms with Gasteiger partial charge in [-0.3, -0.25) is 19.3 Å². The second kappa shape index (κ2) is 10.9. The van der Waals surface area contributed by atoms with Crippen LogP contribution in [0.2, 0.25) is 0 Å². The van der Waals surface area contributed by atoms with E-state index in [0.29, 0.717) is 49.5 Å². The number of carbonyl (C=O) groups is 3. The number of aryl methyl sites for hydroxylation is 1. The number of benzene rings is 2. The maximum Gasteiger partial charge on any atom is 0.296 e. The number of rotatable bonds is 8. The predicted molar refractivity (Wildman–Crippen MR) is 145 cm³/mol. The van der Waals surface area contributed by atoms with Gasteiger partial charge in [-0.05, 0) is 37.5 Å². The molecule has 0 aliphatic carbocycles. The minimum absolute atomic E-state index is 0.0427. The lowest BCUT2D eigenvalue weighted by Gasteiger charge is -2.35. The van der Waals surface area contributed by atoms with Crippen LogP contribution in [0.4, 0.5) is 10.1 Å². The number of unbranched alkanes of at least 4 members (excludes halogenated alkanes) is 1. The monoisotopic (exact) mass is 535 g/mol. The molecule has 2 saturated heterocycles. The molecule has 1 atom stereocenters. The first-order valence-corrected chi connectivity index (χ1v) is 13.6. The van der Waals surface area contributed by atoms with Crippen LogP contribution in [0, 0.1) is 12.7 Å². The van der Waals surface area contributed by atoms with Gasteiger partial charge in [-0.15, -0.1) is 0 Å². The van der Waals surface area contributed by atoms with Gasteiger partial charge in [0.15, 0.2) is 5.54 Å². The van der Waals surface area contributed by atoms with Gasteiger partial charge < -0.3 is 19.6 Å². The highest BCUT2D eigenvalue weighted by molar-refractivity contribution is 6.50. The molecule has 1 unspecified atom stereocenters. The molecule has 2 fully saturated rings. The zero-order valence-corrected chi connectivity index (χ0v) is 22.4. The van der Waals surface area contributed by atoms with Gasteiger partial charge in [-0.2, -0.15) is 0 Å². The molecule has 2 aromatic carbocycles. The fourth-order valence-electron chi connectivity index (χ4n) is 5.87. The van der Waals surface area contributed by atoms with Gasteiger partial charge in [0.1, 0.15) is 11.6 Å². The van der Waals surface area contributed by atoms with Gasteiger partial charge in [-0.1, -0.05) is 43.7 Å². The molecule has 1 N–H and O–H groups in total. The SMILES string of the molecule is CCCCN1C(=O)C2(/C(=C(/O)c3ccc(C)c(F)c3)C(=O)C(=O)N2CCCN2CCOCC2)c2ccccc21. The molecule has 3 aliphatic rings. The number of carbonyl (C=O) groups excluding carboxylic acids is 3. The summed E-state index contributed by atoms with van der Waals surface area (Å²) in [6, 6.07) is 11.2. The maximum absolute atomic E-state index is 14.5. The van der Waals surface area contributed by atoms with E-state index >= 15 is 0 Å². The molecule has 0 radical (unpaired) electrons. The lowest BCUT2D eigenvalue weighted by Crippen LogP contribution is -2.52. The summed E-state index contributed by atoms with van der Waals surface area (Å²) in [7, 11) is 0. The van der Waals surface area contributed by atoms with Gasteiger partial charge in [-0.25, -0.2) is 4.39 Å². The lowest BCUT2D eigenvalue weighted by atomic mass is 9.81. The summed E-state index contributed by atoms with van der Waals surface area (Å²) in [4.78, 5) is 47.0. The van der Waals surface area contributed by atoms with Crippen molar-refractivity contribution in [3.05, 3.63) is 70.5 Å². The number of para-hydroxylation sites is 1. The second-order valence-corrected chi connectivity index (χ2v) is 10.3. The van der Waals surface area contributed by atoms with E-state index in [1.165, 1.54) is 17.0 Å². The summed E-state index contributed by atoms with van der Waals surface area (Å²) in [6.45, 7) is 7.65. The first-order valence-electron chi connectivity index (χ1n) is 13.6. The number of aliphatic hydroxyl groups excluding tert-OH is 1. The van der Waals surface area contributed by atoms with Gasteiger partial charge in [0, 0.05) is 43.9 Å². The Morgan fingerprint density at radius 2 is 1.77 bits per heavy atom. The van der Waals surface area contributed by atoms with Crippen molar-refractivity contribution in [2.24, 2.45) is 0 Å². The largest absolute Gasteiger partial charge is 0.507 e. The number of hydrogen-bond donors (Lipinski definition) is 1. The number of halogens is 1. The quantitative estimate of drug-likeness (QED) is 0.316. The van der Waals surface area contributed by atoms with Crippen LogP contribution < -0.4 is 4.90 Å². The Morgan fingerprint density at radius 1 is 1.03 bits per heavy atom. The number of morpholine rings is 1.